The summed E-state index contributed by atoms with van der Waals surface area (Å²) >= 11 is 0. The molecule has 18 nitrogen and oxygen atoms in total. The van der Waals surface area contributed by atoms with Gasteiger partial charge in [-0.25, -0.2) is 25.3 Å². The smallest absolute Gasteiger partial charge is 0.744 e. The van der Waals surface area contributed by atoms with Crippen molar-refractivity contribution in [1.29, 1.82) is 0 Å². The van der Waals surface area contributed by atoms with E-state index in [2.05, 4.69) is 0 Å². The number of hydrogen-bond acceptors (Lipinski definition) is 18. The number of benzene rings is 3. The molecule has 0 N–H and O–H groups in total. The Kier molecular flexibility index (Phi) is 17.8. The Morgan fingerprint density at radius 3 is 0.653 bits per heavy atom. The first-order valence-corrected chi connectivity index (χ1v) is 16.8. The minimum atomic E-state index is -4.61. The van der Waals surface area contributed by atoms with Gasteiger partial charge in [-0.1, -0.05) is 0 Å². The number of ether oxygens (including phenoxy) is 9. The maximum atomic E-state index is 10.9. The van der Waals surface area contributed by atoms with Crippen molar-refractivity contribution in [2.75, 3.05) is 64.0 Å². The SMILES string of the molecule is COc1ccc(S(=O)(=O)[O-])c(OC)c1OC.COc1ccc(S(=O)(=O)[O-])c(OC)c1OC.COc1ccc(S(=O)(=O)[O-])c(OC)c1OC.[Fe+3]. The van der Waals surface area contributed by atoms with Crippen molar-refractivity contribution in [3.63, 3.8) is 0 Å². The van der Waals surface area contributed by atoms with Gasteiger partial charge >= 0.3 is 17.1 Å². The molecule has 0 aliphatic carbocycles. The van der Waals surface area contributed by atoms with E-state index in [4.69, 9.17) is 42.6 Å². The van der Waals surface area contributed by atoms with Crippen molar-refractivity contribution in [3.05, 3.63) is 36.4 Å². The van der Waals surface area contributed by atoms with Crippen molar-refractivity contribution in [2.45, 2.75) is 14.7 Å². The maximum Gasteiger partial charge on any atom is 3.00 e. The summed E-state index contributed by atoms with van der Waals surface area (Å²) in [4.78, 5) is -1.44. The Morgan fingerprint density at radius 1 is 0.347 bits per heavy atom. The van der Waals surface area contributed by atoms with E-state index in [0.717, 1.165) is 18.2 Å². The van der Waals surface area contributed by atoms with Crippen LogP contribution in [0.2, 0.25) is 0 Å². The fraction of sp³-hybridized carbons (Fsp3) is 0.333. The van der Waals surface area contributed by atoms with Gasteiger partial charge in [0.05, 0.1) is 64.0 Å². The third-order valence-corrected chi connectivity index (χ3v) is 8.39. The molecule has 3 aromatic rings. The predicted molar refractivity (Wildman–Crippen MR) is 162 cm³/mol. The molecule has 0 bridgehead atoms. The summed E-state index contributed by atoms with van der Waals surface area (Å²) in [5.41, 5.74) is 0. The van der Waals surface area contributed by atoms with Gasteiger partial charge in [0.25, 0.3) is 0 Å². The minimum absolute atomic E-state index is 0. The first-order valence-electron chi connectivity index (χ1n) is 12.6. The standard InChI is InChI=1S/3C9H12O6S.Fe/c3*1-13-6-4-5-7(16(10,11)12)9(15-3)8(6)14-2;/h3*4-5H,1-3H3,(H,10,11,12);/q;;;+3/p-3. The molecule has 0 aliphatic rings. The fourth-order valence-electron chi connectivity index (χ4n) is 3.81. The summed E-state index contributed by atoms with van der Waals surface area (Å²) in [6, 6.07) is 7.32. The Labute approximate surface area is 294 Å². The minimum Gasteiger partial charge on any atom is -0.744 e. The molecule has 0 aromatic heterocycles. The molecule has 0 unspecified atom stereocenters. The van der Waals surface area contributed by atoms with Gasteiger partial charge < -0.3 is 56.3 Å². The average molecular weight is 798 g/mol. The van der Waals surface area contributed by atoms with Gasteiger partial charge in [-0.2, -0.15) is 0 Å². The summed E-state index contributed by atoms with van der Waals surface area (Å²) in [7, 11) is -1.98. The molecule has 3 aromatic carbocycles. The van der Waals surface area contributed by atoms with Crippen molar-refractivity contribution in [3.8, 4) is 51.7 Å². The van der Waals surface area contributed by atoms with E-state index >= 15 is 0 Å². The van der Waals surface area contributed by atoms with E-state index in [-0.39, 0.29) is 68.8 Å². The van der Waals surface area contributed by atoms with Gasteiger partial charge in [-0.05, 0) is 36.4 Å². The molecule has 0 saturated carbocycles. The van der Waals surface area contributed by atoms with Crippen LogP contribution < -0.4 is 42.6 Å². The van der Waals surface area contributed by atoms with Gasteiger partial charge in [0.2, 0.25) is 17.2 Å². The number of methoxy groups -OCH3 is 9. The van der Waals surface area contributed by atoms with Crippen molar-refractivity contribution < 1.29 is 98.6 Å². The largest absolute Gasteiger partial charge is 3.00 e. The average Bonchev–Trinajstić information content (AvgIpc) is 3.04. The van der Waals surface area contributed by atoms with Gasteiger partial charge in [-0.3, -0.25) is 0 Å². The van der Waals surface area contributed by atoms with Gasteiger partial charge in [0.1, 0.15) is 45.0 Å². The van der Waals surface area contributed by atoms with Gasteiger partial charge in [0, 0.05) is 0 Å². The first-order chi connectivity index (χ1) is 22.4. The normalized spacial score (nSPS) is 10.8. The summed E-state index contributed by atoms with van der Waals surface area (Å²) < 4.78 is 143. The zero-order valence-electron chi connectivity index (χ0n) is 27.4. The van der Waals surface area contributed by atoms with Crippen molar-refractivity contribution in [2.24, 2.45) is 0 Å². The monoisotopic (exact) mass is 797 g/mol. The van der Waals surface area contributed by atoms with Crippen LogP contribution in [0.25, 0.3) is 0 Å². The molecule has 3 rings (SSSR count). The van der Waals surface area contributed by atoms with E-state index in [1.165, 1.54) is 82.2 Å². The van der Waals surface area contributed by atoms with E-state index in [1.807, 2.05) is 0 Å². The molecule has 1 radical (unpaired) electrons. The van der Waals surface area contributed by atoms with Crippen LogP contribution >= 0.6 is 0 Å². The second kappa shape index (κ2) is 19.3. The molecule has 22 heteroatoms. The molecule has 0 aliphatic heterocycles. The van der Waals surface area contributed by atoms with Crippen LogP contribution in [0.5, 0.6) is 51.7 Å². The zero-order valence-corrected chi connectivity index (χ0v) is 30.9. The molecule has 0 saturated heterocycles. The summed E-state index contributed by atoms with van der Waals surface area (Å²) in [6.45, 7) is 0. The van der Waals surface area contributed by atoms with E-state index in [1.54, 1.807) is 0 Å². The first kappa shape index (κ1) is 45.1. The zero-order chi connectivity index (χ0) is 37.0. The molecule has 49 heavy (non-hydrogen) atoms. The van der Waals surface area contributed by atoms with E-state index < -0.39 is 45.0 Å². The third-order valence-electron chi connectivity index (χ3n) is 5.81. The predicted octanol–water partition coefficient (Wildman–Crippen LogP) is 1.85. The Morgan fingerprint density at radius 2 is 0.531 bits per heavy atom. The Balaban J connectivity index is 0.000000698. The van der Waals surface area contributed by atoms with Crippen LogP contribution in [0.15, 0.2) is 51.1 Å². The topological polar surface area (TPSA) is 255 Å². The summed E-state index contributed by atoms with van der Waals surface area (Å²) in [6.07, 6.45) is 0. The van der Waals surface area contributed by atoms with Gasteiger partial charge in [-0.15, -0.1) is 0 Å². The Bertz CT molecular complexity index is 1660. The van der Waals surface area contributed by atoms with Gasteiger partial charge in [0.15, 0.2) is 34.5 Å². The molecule has 275 valence electrons. The molecular formula is C27H33FeO18S3. The second-order valence-corrected chi connectivity index (χ2v) is 12.4. The molecule has 0 heterocycles. The summed E-state index contributed by atoms with van der Waals surface area (Å²) in [5.74, 6) is 0.599. The van der Waals surface area contributed by atoms with Crippen LogP contribution in [-0.4, -0.2) is 103 Å². The Hall–Kier alpha value is -3.89. The van der Waals surface area contributed by atoms with E-state index in [0.29, 0.717) is 0 Å². The third kappa shape index (κ3) is 11.3. The van der Waals surface area contributed by atoms with Crippen LogP contribution in [0.3, 0.4) is 0 Å². The van der Waals surface area contributed by atoms with Crippen LogP contribution in [0.1, 0.15) is 0 Å². The molecule has 0 spiro atoms. The second-order valence-electron chi connectivity index (χ2n) is 8.36. The van der Waals surface area contributed by atoms with Crippen LogP contribution in [0.4, 0.5) is 0 Å². The van der Waals surface area contributed by atoms with Crippen LogP contribution in [0, 0.1) is 0 Å². The molecule has 0 fully saturated rings. The molecule has 0 atom stereocenters. The van der Waals surface area contributed by atoms with E-state index in [9.17, 15) is 38.9 Å². The van der Waals surface area contributed by atoms with Crippen LogP contribution in [-0.2, 0) is 47.4 Å². The summed E-state index contributed by atoms with van der Waals surface area (Å²) in [5, 5.41) is 0. The van der Waals surface area contributed by atoms with Crippen molar-refractivity contribution in [1.82, 2.24) is 0 Å². The number of hydrogen-bond donors (Lipinski definition) is 0. The molecule has 0 amide bonds. The number of rotatable bonds is 12. The maximum absolute atomic E-state index is 10.9. The quantitative estimate of drug-likeness (QED) is 0.187. The fourth-order valence-corrected chi connectivity index (χ4v) is 5.73. The van der Waals surface area contributed by atoms with Crippen molar-refractivity contribution >= 4 is 30.4 Å². The molecular weight excluding hydrogens is 764 g/mol.